The molecule has 0 aliphatic heterocycles. The van der Waals surface area contributed by atoms with Crippen molar-refractivity contribution in [3.05, 3.63) is 28.8 Å². The lowest BCUT2D eigenvalue weighted by atomic mass is 10.2. The Bertz CT molecular complexity index is 316. The third-order valence-electron chi connectivity index (χ3n) is 2.68. The molecule has 1 aliphatic rings. The molecule has 0 atom stereocenters. The van der Waals surface area contributed by atoms with E-state index in [1.807, 2.05) is 25.1 Å². The average molecular weight is 211 g/mol. The number of hydrogen-bond acceptors (Lipinski definition) is 1. The van der Waals surface area contributed by atoms with Crippen LogP contribution in [0, 0.1) is 6.92 Å². The zero-order valence-electron chi connectivity index (χ0n) is 8.42. The molecule has 0 radical (unpaired) electrons. The Morgan fingerprint density at radius 1 is 1.29 bits per heavy atom. The number of aryl methyl sites for hydroxylation is 1. The summed E-state index contributed by atoms with van der Waals surface area (Å²) in [5.41, 5.74) is 1.17. The fourth-order valence-corrected chi connectivity index (χ4v) is 2.17. The molecule has 1 saturated carbocycles. The molecule has 1 aromatic carbocycles. The van der Waals surface area contributed by atoms with Gasteiger partial charge in [-0.05, 0) is 50.3 Å². The van der Waals surface area contributed by atoms with Gasteiger partial charge in [-0.2, -0.15) is 0 Å². The lowest BCUT2D eigenvalue weighted by molar-refractivity contribution is 0.210. The molecule has 2 rings (SSSR count). The monoisotopic (exact) mass is 210 g/mol. The largest absolute Gasteiger partial charge is 0.489 e. The van der Waals surface area contributed by atoms with Gasteiger partial charge in [0.15, 0.2) is 0 Å². The summed E-state index contributed by atoms with van der Waals surface area (Å²) < 4.78 is 5.83. The van der Waals surface area contributed by atoms with Gasteiger partial charge in [0.1, 0.15) is 5.75 Å². The maximum Gasteiger partial charge on any atom is 0.138 e. The van der Waals surface area contributed by atoms with E-state index < -0.39 is 0 Å². The SMILES string of the molecule is Cc1ccc(OC2CCCC2)c(Cl)c1. The van der Waals surface area contributed by atoms with Crippen LogP contribution >= 0.6 is 11.6 Å². The van der Waals surface area contributed by atoms with E-state index in [-0.39, 0.29) is 0 Å². The minimum absolute atomic E-state index is 0.384. The predicted octanol–water partition coefficient (Wildman–Crippen LogP) is 3.97. The highest BCUT2D eigenvalue weighted by atomic mass is 35.5. The fourth-order valence-electron chi connectivity index (χ4n) is 1.89. The molecule has 0 saturated heterocycles. The van der Waals surface area contributed by atoms with Gasteiger partial charge < -0.3 is 4.74 Å². The summed E-state index contributed by atoms with van der Waals surface area (Å²) in [5.74, 6) is 0.837. The average Bonchev–Trinajstić information content (AvgIpc) is 2.62. The van der Waals surface area contributed by atoms with E-state index in [2.05, 4.69) is 0 Å². The first-order chi connectivity index (χ1) is 6.75. The van der Waals surface area contributed by atoms with Crippen molar-refractivity contribution in [3.63, 3.8) is 0 Å². The second kappa shape index (κ2) is 4.22. The molecule has 0 spiro atoms. The van der Waals surface area contributed by atoms with Crippen LogP contribution in [-0.2, 0) is 0 Å². The summed E-state index contributed by atoms with van der Waals surface area (Å²) in [7, 11) is 0. The van der Waals surface area contributed by atoms with Crippen molar-refractivity contribution in [1.29, 1.82) is 0 Å². The zero-order valence-corrected chi connectivity index (χ0v) is 9.18. The van der Waals surface area contributed by atoms with Crippen molar-refractivity contribution in [2.45, 2.75) is 38.7 Å². The molecule has 2 heteroatoms. The van der Waals surface area contributed by atoms with Gasteiger partial charge in [0.05, 0.1) is 11.1 Å². The number of ether oxygens (including phenoxy) is 1. The Labute approximate surface area is 90.0 Å². The molecule has 0 heterocycles. The smallest absolute Gasteiger partial charge is 0.138 e. The standard InChI is InChI=1S/C12H15ClO/c1-9-6-7-12(11(13)8-9)14-10-4-2-3-5-10/h6-8,10H,2-5H2,1H3. The van der Waals surface area contributed by atoms with Gasteiger partial charge in [0.25, 0.3) is 0 Å². The highest BCUT2D eigenvalue weighted by molar-refractivity contribution is 6.32. The summed E-state index contributed by atoms with van der Waals surface area (Å²) in [6.45, 7) is 2.03. The van der Waals surface area contributed by atoms with Crippen LogP contribution in [0.4, 0.5) is 0 Å². The molecule has 0 bridgehead atoms. The van der Waals surface area contributed by atoms with Crippen LogP contribution in [0.1, 0.15) is 31.2 Å². The molecular weight excluding hydrogens is 196 g/mol. The Balaban J connectivity index is 2.08. The minimum atomic E-state index is 0.384. The molecule has 1 nitrogen and oxygen atoms in total. The first-order valence-electron chi connectivity index (χ1n) is 5.18. The van der Waals surface area contributed by atoms with Gasteiger partial charge in [-0.25, -0.2) is 0 Å². The van der Waals surface area contributed by atoms with Crippen LogP contribution in [-0.4, -0.2) is 6.10 Å². The third-order valence-corrected chi connectivity index (χ3v) is 2.98. The quantitative estimate of drug-likeness (QED) is 0.718. The highest BCUT2D eigenvalue weighted by Gasteiger charge is 2.17. The van der Waals surface area contributed by atoms with Crippen molar-refractivity contribution < 1.29 is 4.74 Å². The third kappa shape index (κ3) is 2.21. The maximum atomic E-state index is 6.08. The Morgan fingerprint density at radius 3 is 2.64 bits per heavy atom. The van der Waals surface area contributed by atoms with Crippen LogP contribution in [0.2, 0.25) is 5.02 Å². The van der Waals surface area contributed by atoms with Crippen molar-refractivity contribution in [2.75, 3.05) is 0 Å². The van der Waals surface area contributed by atoms with E-state index >= 15 is 0 Å². The second-order valence-corrected chi connectivity index (χ2v) is 4.37. The molecule has 0 unspecified atom stereocenters. The normalized spacial score (nSPS) is 17.3. The van der Waals surface area contributed by atoms with Gasteiger partial charge in [-0.3, -0.25) is 0 Å². The summed E-state index contributed by atoms with van der Waals surface area (Å²) in [6.07, 6.45) is 5.30. The van der Waals surface area contributed by atoms with Crippen molar-refractivity contribution in [3.8, 4) is 5.75 Å². The molecular formula is C12H15ClO. The lowest BCUT2D eigenvalue weighted by Gasteiger charge is -2.14. The summed E-state index contributed by atoms with van der Waals surface area (Å²) >= 11 is 6.08. The van der Waals surface area contributed by atoms with Crippen molar-refractivity contribution >= 4 is 11.6 Å². The number of hydrogen-bond donors (Lipinski definition) is 0. The molecule has 14 heavy (non-hydrogen) atoms. The molecule has 76 valence electrons. The van der Waals surface area contributed by atoms with E-state index in [0.29, 0.717) is 6.10 Å². The number of halogens is 1. The number of benzene rings is 1. The van der Waals surface area contributed by atoms with E-state index in [0.717, 1.165) is 10.8 Å². The van der Waals surface area contributed by atoms with Crippen LogP contribution in [0.15, 0.2) is 18.2 Å². The van der Waals surface area contributed by atoms with Crippen molar-refractivity contribution in [2.24, 2.45) is 0 Å². The fraction of sp³-hybridized carbons (Fsp3) is 0.500. The van der Waals surface area contributed by atoms with E-state index in [1.165, 1.54) is 31.2 Å². The topological polar surface area (TPSA) is 9.23 Å². The van der Waals surface area contributed by atoms with Crippen molar-refractivity contribution in [1.82, 2.24) is 0 Å². The maximum absolute atomic E-state index is 6.08. The molecule has 1 aliphatic carbocycles. The van der Waals surface area contributed by atoms with E-state index in [4.69, 9.17) is 16.3 Å². The van der Waals surface area contributed by atoms with Crippen LogP contribution < -0.4 is 4.74 Å². The predicted molar refractivity (Wildman–Crippen MR) is 59.1 cm³/mol. The molecule has 1 aromatic rings. The van der Waals surface area contributed by atoms with Gasteiger partial charge in [-0.1, -0.05) is 17.7 Å². The molecule has 0 N–H and O–H groups in total. The Morgan fingerprint density at radius 2 is 2.00 bits per heavy atom. The van der Waals surface area contributed by atoms with Crippen LogP contribution in [0.5, 0.6) is 5.75 Å². The Hall–Kier alpha value is -0.690. The summed E-state index contributed by atoms with van der Waals surface area (Å²) in [4.78, 5) is 0. The Kier molecular flexibility index (Phi) is 2.97. The van der Waals surface area contributed by atoms with Gasteiger partial charge >= 0.3 is 0 Å². The van der Waals surface area contributed by atoms with Gasteiger partial charge in [0.2, 0.25) is 0 Å². The second-order valence-electron chi connectivity index (χ2n) is 3.96. The zero-order chi connectivity index (χ0) is 9.97. The lowest BCUT2D eigenvalue weighted by Crippen LogP contribution is -2.10. The molecule has 1 fully saturated rings. The minimum Gasteiger partial charge on any atom is -0.489 e. The highest BCUT2D eigenvalue weighted by Crippen LogP contribution is 2.30. The first kappa shape index (κ1) is 9.85. The van der Waals surface area contributed by atoms with Crippen LogP contribution in [0.25, 0.3) is 0 Å². The van der Waals surface area contributed by atoms with Gasteiger partial charge in [0, 0.05) is 0 Å². The van der Waals surface area contributed by atoms with E-state index in [9.17, 15) is 0 Å². The molecule has 0 amide bonds. The summed E-state index contributed by atoms with van der Waals surface area (Å²) in [5, 5.41) is 0.733. The number of rotatable bonds is 2. The van der Waals surface area contributed by atoms with Gasteiger partial charge in [-0.15, -0.1) is 0 Å². The van der Waals surface area contributed by atoms with E-state index in [1.54, 1.807) is 0 Å². The summed E-state index contributed by atoms with van der Waals surface area (Å²) in [6, 6.07) is 5.96. The van der Waals surface area contributed by atoms with Crippen LogP contribution in [0.3, 0.4) is 0 Å². The molecule has 0 aromatic heterocycles. The first-order valence-corrected chi connectivity index (χ1v) is 5.56.